The van der Waals surface area contributed by atoms with Crippen molar-refractivity contribution in [1.29, 1.82) is 0 Å². The molecular formula is C12H11F3N2S. The predicted molar refractivity (Wildman–Crippen MR) is 65.1 cm³/mol. The van der Waals surface area contributed by atoms with Gasteiger partial charge in [-0.2, -0.15) is 0 Å². The normalized spacial score (nSPS) is 10.7. The van der Waals surface area contributed by atoms with Crippen molar-refractivity contribution in [2.75, 3.05) is 5.32 Å². The lowest BCUT2D eigenvalue weighted by atomic mass is 10.2. The molecule has 0 atom stereocenters. The topological polar surface area (TPSA) is 24.9 Å². The molecule has 0 spiro atoms. The molecule has 0 aliphatic heterocycles. The van der Waals surface area contributed by atoms with E-state index in [9.17, 15) is 13.2 Å². The molecule has 0 fully saturated rings. The van der Waals surface area contributed by atoms with Gasteiger partial charge in [-0.05, 0) is 6.42 Å². The summed E-state index contributed by atoms with van der Waals surface area (Å²) in [5.41, 5.74) is 0.681. The molecule has 1 aromatic carbocycles. The molecule has 1 heterocycles. The second-order valence-electron chi connectivity index (χ2n) is 3.69. The average Bonchev–Trinajstić information content (AvgIpc) is 2.80. The molecular weight excluding hydrogens is 261 g/mol. The first-order valence-corrected chi connectivity index (χ1v) is 6.29. The van der Waals surface area contributed by atoms with Gasteiger partial charge in [0.2, 0.25) is 0 Å². The predicted octanol–water partition coefficient (Wildman–Crippen LogP) is 3.73. The second kappa shape index (κ2) is 5.39. The summed E-state index contributed by atoms with van der Waals surface area (Å²) in [5.74, 6) is -3.09. The first-order chi connectivity index (χ1) is 8.60. The molecule has 0 saturated carbocycles. The van der Waals surface area contributed by atoms with Crippen LogP contribution in [0.5, 0.6) is 0 Å². The van der Waals surface area contributed by atoms with Gasteiger partial charge in [-0.1, -0.05) is 6.92 Å². The zero-order chi connectivity index (χ0) is 13.1. The standard InChI is InChI=1S/C12H11F3N2S/c1-2-12-17-7(6-18-12)5-16-11-4-9(14)8(13)3-10(11)15/h3-4,6,16H,2,5H2,1H3. The van der Waals surface area contributed by atoms with Gasteiger partial charge >= 0.3 is 0 Å². The van der Waals surface area contributed by atoms with Crippen LogP contribution in [0.2, 0.25) is 0 Å². The maximum absolute atomic E-state index is 13.3. The van der Waals surface area contributed by atoms with Crippen LogP contribution < -0.4 is 5.32 Å². The molecule has 1 N–H and O–H groups in total. The zero-order valence-electron chi connectivity index (χ0n) is 9.64. The minimum absolute atomic E-state index is 0.0695. The van der Waals surface area contributed by atoms with Gasteiger partial charge in [0, 0.05) is 17.5 Å². The van der Waals surface area contributed by atoms with Crippen LogP contribution in [0.1, 0.15) is 17.6 Å². The van der Waals surface area contributed by atoms with E-state index in [1.165, 1.54) is 11.3 Å². The number of anilines is 1. The molecule has 0 amide bonds. The van der Waals surface area contributed by atoms with Crippen molar-refractivity contribution in [3.05, 3.63) is 45.7 Å². The third-order valence-corrected chi connectivity index (χ3v) is 3.41. The largest absolute Gasteiger partial charge is 0.377 e. The smallest absolute Gasteiger partial charge is 0.161 e. The molecule has 0 radical (unpaired) electrons. The summed E-state index contributed by atoms with van der Waals surface area (Å²) >= 11 is 1.52. The number of rotatable bonds is 4. The average molecular weight is 272 g/mol. The Balaban J connectivity index is 2.08. The summed E-state index contributed by atoms with van der Waals surface area (Å²) in [5, 5.41) is 5.53. The summed E-state index contributed by atoms with van der Waals surface area (Å²) < 4.78 is 39.0. The third kappa shape index (κ3) is 2.81. The van der Waals surface area contributed by atoms with Crippen molar-refractivity contribution < 1.29 is 13.2 Å². The number of aromatic nitrogens is 1. The van der Waals surface area contributed by atoms with E-state index >= 15 is 0 Å². The number of hydrogen-bond donors (Lipinski definition) is 1. The second-order valence-corrected chi connectivity index (χ2v) is 4.63. The highest BCUT2D eigenvalue weighted by Gasteiger charge is 2.10. The number of benzene rings is 1. The Morgan fingerprint density at radius 1 is 1.17 bits per heavy atom. The molecule has 2 aromatic rings. The fraction of sp³-hybridized carbons (Fsp3) is 0.250. The number of thiazole rings is 1. The maximum Gasteiger partial charge on any atom is 0.161 e. The minimum Gasteiger partial charge on any atom is -0.377 e. The fourth-order valence-electron chi connectivity index (χ4n) is 1.44. The van der Waals surface area contributed by atoms with Crippen molar-refractivity contribution in [2.45, 2.75) is 19.9 Å². The number of nitrogens with zero attached hydrogens (tertiary/aromatic N) is 1. The Kier molecular flexibility index (Phi) is 3.86. The lowest BCUT2D eigenvalue weighted by Crippen LogP contribution is -2.03. The molecule has 0 unspecified atom stereocenters. The SMILES string of the molecule is CCc1nc(CNc2cc(F)c(F)cc2F)cs1. The summed E-state index contributed by atoms with van der Waals surface area (Å²) in [6.45, 7) is 2.27. The van der Waals surface area contributed by atoms with Crippen molar-refractivity contribution in [1.82, 2.24) is 4.98 Å². The first kappa shape index (κ1) is 12.9. The molecule has 0 aliphatic carbocycles. The van der Waals surface area contributed by atoms with Crippen LogP contribution in [0.25, 0.3) is 0 Å². The van der Waals surface area contributed by atoms with Gasteiger partial charge in [-0.15, -0.1) is 11.3 Å². The van der Waals surface area contributed by atoms with E-state index in [2.05, 4.69) is 10.3 Å². The van der Waals surface area contributed by atoms with Crippen molar-refractivity contribution in [3.8, 4) is 0 Å². The van der Waals surface area contributed by atoms with E-state index in [1.807, 2.05) is 12.3 Å². The lowest BCUT2D eigenvalue weighted by Gasteiger charge is -2.06. The van der Waals surface area contributed by atoms with Crippen LogP contribution in [0.3, 0.4) is 0 Å². The molecule has 0 saturated heterocycles. The van der Waals surface area contributed by atoms with Crippen LogP contribution in [0, 0.1) is 17.5 Å². The highest BCUT2D eigenvalue weighted by molar-refractivity contribution is 7.09. The van der Waals surface area contributed by atoms with Gasteiger partial charge in [-0.25, -0.2) is 18.2 Å². The Morgan fingerprint density at radius 3 is 2.56 bits per heavy atom. The van der Waals surface area contributed by atoms with E-state index < -0.39 is 17.5 Å². The summed E-state index contributed by atoms with van der Waals surface area (Å²) in [6, 6.07) is 1.33. The van der Waals surface area contributed by atoms with E-state index in [4.69, 9.17) is 0 Å². The first-order valence-electron chi connectivity index (χ1n) is 5.42. The Hall–Kier alpha value is -1.56. The molecule has 1 aromatic heterocycles. The van der Waals surface area contributed by atoms with E-state index in [0.29, 0.717) is 6.07 Å². The molecule has 0 aliphatic rings. The van der Waals surface area contributed by atoms with Crippen LogP contribution in [-0.2, 0) is 13.0 Å². The number of hydrogen-bond acceptors (Lipinski definition) is 3. The molecule has 2 rings (SSSR count). The molecule has 6 heteroatoms. The number of halogens is 3. The Bertz CT molecular complexity index is 554. The van der Waals surface area contributed by atoms with Crippen molar-refractivity contribution >= 4 is 17.0 Å². The highest BCUT2D eigenvalue weighted by Crippen LogP contribution is 2.19. The Morgan fingerprint density at radius 2 is 1.89 bits per heavy atom. The molecule has 18 heavy (non-hydrogen) atoms. The van der Waals surface area contributed by atoms with E-state index in [-0.39, 0.29) is 12.2 Å². The fourth-order valence-corrected chi connectivity index (χ4v) is 2.18. The van der Waals surface area contributed by atoms with Crippen LogP contribution in [0.15, 0.2) is 17.5 Å². The summed E-state index contributed by atoms with van der Waals surface area (Å²) in [4.78, 5) is 4.28. The van der Waals surface area contributed by atoms with Gasteiger partial charge in [0.1, 0.15) is 5.82 Å². The van der Waals surface area contributed by atoms with Crippen LogP contribution in [-0.4, -0.2) is 4.98 Å². The minimum atomic E-state index is -1.19. The Labute approximate surface area is 106 Å². The van der Waals surface area contributed by atoms with Crippen LogP contribution >= 0.6 is 11.3 Å². The molecule has 96 valence electrons. The van der Waals surface area contributed by atoms with Crippen molar-refractivity contribution in [2.24, 2.45) is 0 Å². The van der Waals surface area contributed by atoms with E-state index in [0.717, 1.165) is 23.2 Å². The van der Waals surface area contributed by atoms with Gasteiger partial charge in [-0.3, -0.25) is 0 Å². The molecule has 0 bridgehead atoms. The van der Waals surface area contributed by atoms with Gasteiger partial charge in [0.05, 0.1) is 22.9 Å². The zero-order valence-corrected chi connectivity index (χ0v) is 10.5. The van der Waals surface area contributed by atoms with Crippen molar-refractivity contribution in [3.63, 3.8) is 0 Å². The monoisotopic (exact) mass is 272 g/mol. The van der Waals surface area contributed by atoms with Crippen LogP contribution in [0.4, 0.5) is 18.9 Å². The maximum atomic E-state index is 13.3. The van der Waals surface area contributed by atoms with E-state index in [1.54, 1.807) is 0 Å². The number of nitrogens with one attached hydrogen (secondary N) is 1. The summed E-state index contributed by atoms with van der Waals surface area (Å²) in [7, 11) is 0. The third-order valence-electron chi connectivity index (χ3n) is 2.37. The summed E-state index contributed by atoms with van der Waals surface area (Å²) in [6.07, 6.45) is 0.838. The number of aryl methyl sites for hydroxylation is 1. The highest BCUT2D eigenvalue weighted by atomic mass is 32.1. The van der Waals surface area contributed by atoms with Gasteiger partial charge in [0.15, 0.2) is 11.6 Å². The lowest BCUT2D eigenvalue weighted by molar-refractivity contribution is 0.496. The quantitative estimate of drug-likeness (QED) is 0.858. The molecule has 2 nitrogen and oxygen atoms in total. The van der Waals surface area contributed by atoms with Gasteiger partial charge < -0.3 is 5.32 Å². The van der Waals surface area contributed by atoms with Gasteiger partial charge in [0.25, 0.3) is 0 Å².